The molecular formula is C12H13N3S. The Morgan fingerprint density at radius 1 is 1.19 bits per heavy atom. The van der Waals surface area contributed by atoms with Crippen molar-refractivity contribution < 1.29 is 0 Å². The molecule has 0 fully saturated rings. The predicted molar refractivity (Wildman–Crippen MR) is 66.5 cm³/mol. The van der Waals surface area contributed by atoms with E-state index >= 15 is 0 Å². The lowest BCUT2D eigenvalue weighted by Crippen LogP contribution is -1.97. The van der Waals surface area contributed by atoms with E-state index in [1.54, 1.807) is 11.8 Å². The minimum Gasteiger partial charge on any atom is -0.383 e. The van der Waals surface area contributed by atoms with Gasteiger partial charge in [-0.15, -0.1) is 0 Å². The van der Waals surface area contributed by atoms with E-state index in [-0.39, 0.29) is 0 Å². The summed E-state index contributed by atoms with van der Waals surface area (Å²) in [5.74, 6) is 0.546. The van der Waals surface area contributed by atoms with E-state index < -0.39 is 0 Å². The molecule has 0 spiro atoms. The Morgan fingerprint density at radius 2 is 2.00 bits per heavy atom. The van der Waals surface area contributed by atoms with Crippen molar-refractivity contribution in [2.75, 3.05) is 5.73 Å². The zero-order valence-corrected chi connectivity index (χ0v) is 10.1. The molecule has 0 saturated carbocycles. The van der Waals surface area contributed by atoms with E-state index in [0.717, 1.165) is 10.6 Å². The first-order chi connectivity index (χ1) is 7.66. The molecule has 0 amide bonds. The van der Waals surface area contributed by atoms with Crippen molar-refractivity contribution in [1.29, 1.82) is 0 Å². The number of aryl methyl sites for hydroxylation is 1. The number of anilines is 1. The van der Waals surface area contributed by atoms with Gasteiger partial charge in [-0.05, 0) is 26.0 Å². The molecule has 2 aromatic rings. The Balaban J connectivity index is 2.31. The maximum atomic E-state index is 5.74. The van der Waals surface area contributed by atoms with Gasteiger partial charge < -0.3 is 5.73 Å². The number of rotatable bonds is 2. The van der Waals surface area contributed by atoms with Crippen molar-refractivity contribution in [2.24, 2.45) is 0 Å². The number of nitrogens with two attached hydrogens (primary N) is 1. The van der Waals surface area contributed by atoms with Gasteiger partial charge in [-0.1, -0.05) is 29.5 Å². The third kappa shape index (κ3) is 2.33. The van der Waals surface area contributed by atoms with Gasteiger partial charge in [-0.2, -0.15) is 0 Å². The van der Waals surface area contributed by atoms with Crippen LogP contribution in [-0.2, 0) is 0 Å². The molecule has 0 atom stereocenters. The Morgan fingerprint density at radius 3 is 2.75 bits per heavy atom. The van der Waals surface area contributed by atoms with Crippen LogP contribution in [0.25, 0.3) is 0 Å². The lowest BCUT2D eigenvalue weighted by atomic mass is 10.2. The Labute approximate surface area is 99.1 Å². The summed E-state index contributed by atoms with van der Waals surface area (Å²) in [6.45, 7) is 4.01. The highest BCUT2D eigenvalue weighted by molar-refractivity contribution is 7.99. The second kappa shape index (κ2) is 4.53. The lowest BCUT2D eigenvalue weighted by Gasteiger charge is -2.06. The van der Waals surface area contributed by atoms with Gasteiger partial charge in [0.05, 0.1) is 0 Å². The van der Waals surface area contributed by atoms with Crippen molar-refractivity contribution >= 4 is 17.6 Å². The van der Waals surface area contributed by atoms with Gasteiger partial charge in [0.2, 0.25) is 0 Å². The molecule has 0 saturated heterocycles. The minimum absolute atomic E-state index is 0.546. The SMILES string of the molecule is Cc1cccc(Sc2ncnc(N)c2C)c1. The van der Waals surface area contributed by atoms with Crippen molar-refractivity contribution in [3.05, 3.63) is 41.7 Å². The topological polar surface area (TPSA) is 51.8 Å². The zero-order chi connectivity index (χ0) is 11.5. The van der Waals surface area contributed by atoms with Crippen LogP contribution in [0.15, 0.2) is 40.5 Å². The zero-order valence-electron chi connectivity index (χ0n) is 9.27. The van der Waals surface area contributed by atoms with Crippen molar-refractivity contribution in [2.45, 2.75) is 23.8 Å². The fourth-order valence-electron chi connectivity index (χ4n) is 1.34. The maximum Gasteiger partial charge on any atom is 0.130 e. The highest BCUT2D eigenvalue weighted by atomic mass is 32.2. The number of nitrogen functional groups attached to an aromatic ring is 1. The standard InChI is InChI=1S/C12H13N3S/c1-8-4-3-5-10(6-8)16-12-9(2)11(13)14-7-15-12/h3-7H,1-2H3,(H2,13,14,15). The van der Waals surface area contributed by atoms with E-state index in [9.17, 15) is 0 Å². The molecule has 3 nitrogen and oxygen atoms in total. The van der Waals surface area contributed by atoms with Gasteiger partial charge >= 0.3 is 0 Å². The molecule has 0 aliphatic heterocycles. The van der Waals surface area contributed by atoms with Gasteiger partial charge in [0.15, 0.2) is 0 Å². The van der Waals surface area contributed by atoms with Crippen molar-refractivity contribution in [3.8, 4) is 0 Å². The maximum absolute atomic E-state index is 5.74. The Bertz CT molecular complexity index is 511. The van der Waals surface area contributed by atoms with E-state index in [1.165, 1.54) is 16.8 Å². The van der Waals surface area contributed by atoms with Crippen LogP contribution in [-0.4, -0.2) is 9.97 Å². The highest BCUT2D eigenvalue weighted by Crippen LogP contribution is 2.29. The van der Waals surface area contributed by atoms with Gasteiger partial charge in [0.25, 0.3) is 0 Å². The first-order valence-corrected chi connectivity index (χ1v) is 5.80. The average molecular weight is 231 g/mol. The van der Waals surface area contributed by atoms with Crippen LogP contribution >= 0.6 is 11.8 Å². The van der Waals surface area contributed by atoms with Crippen LogP contribution in [0.3, 0.4) is 0 Å². The Hall–Kier alpha value is -1.55. The number of hydrogen-bond donors (Lipinski definition) is 1. The summed E-state index contributed by atoms with van der Waals surface area (Å²) >= 11 is 1.61. The largest absolute Gasteiger partial charge is 0.383 e. The summed E-state index contributed by atoms with van der Waals surface area (Å²) < 4.78 is 0. The molecule has 0 aliphatic rings. The van der Waals surface area contributed by atoms with E-state index in [0.29, 0.717) is 5.82 Å². The normalized spacial score (nSPS) is 10.4. The second-order valence-electron chi connectivity index (χ2n) is 3.61. The number of aromatic nitrogens is 2. The van der Waals surface area contributed by atoms with Crippen LogP contribution < -0.4 is 5.73 Å². The molecule has 16 heavy (non-hydrogen) atoms. The summed E-state index contributed by atoms with van der Waals surface area (Å²) in [5.41, 5.74) is 7.92. The molecule has 0 radical (unpaired) electrons. The molecule has 2 N–H and O–H groups in total. The molecule has 2 rings (SSSR count). The third-order valence-corrected chi connectivity index (χ3v) is 3.38. The quantitative estimate of drug-likeness (QED) is 0.807. The summed E-state index contributed by atoms with van der Waals surface area (Å²) in [7, 11) is 0. The first-order valence-electron chi connectivity index (χ1n) is 4.98. The monoisotopic (exact) mass is 231 g/mol. The molecule has 1 aromatic heterocycles. The van der Waals surface area contributed by atoms with Gasteiger partial charge in [-0.3, -0.25) is 0 Å². The molecule has 1 heterocycles. The average Bonchev–Trinajstić information content (AvgIpc) is 2.25. The van der Waals surface area contributed by atoms with Crippen LogP contribution in [0.2, 0.25) is 0 Å². The fraction of sp³-hybridized carbons (Fsp3) is 0.167. The van der Waals surface area contributed by atoms with Crippen LogP contribution in [0, 0.1) is 13.8 Å². The third-order valence-electron chi connectivity index (χ3n) is 2.28. The molecule has 0 unspecified atom stereocenters. The first kappa shape index (κ1) is 11.0. The number of benzene rings is 1. The Kier molecular flexibility index (Phi) is 3.10. The summed E-state index contributed by atoms with van der Waals surface area (Å²) in [6.07, 6.45) is 1.50. The van der Waals surface area contributed by atoms with E-state index in [4.69, 9.17) is 5.73 Å². The second-order valence-corrected chi connectivity index (χ2v) is 4.67. The summed E-state index contributed by atoms with van der Waals surface area (Å²) in [5, 5.41) is 0.915. The fourth-order valence-corrected chi connectivity index (χ4v) is 2.31. The molecule has 4 heteroatoms. The summed E-state index contributed by atoms with van der Waals surface area (Å²) in [4.78, 5) is 9.36. The number of hydrogen-bond acceptors (Lipinski definition) is 4. The molecular weight excluding hydrogens is 218 g/mol. The van der Waals surface area contributed by atoms with Crippen molar-refractivity contribution in [1.82, 2.24) is 9.97 Å². The molecule has 1 aromatic carbocycles. The van der Waals surface area contributed by atoms with E-state index in [1.807, 2.05) is 13.0 Å². The molecule has 82 valence electrons. The molecule has 0 aliphatic carbocycles. The minimum atomic E-state index is 0.546. The van der Waals surface area contributed by atoms with Gasteiger partial charge in [0, 0.05) is 10.5 Å². The highest BCUT2D eigenvalue weighted by Gasteiger charge is 2.05. The van der Waals surface area contributed by atoms with Gasteiger partial charge in [0.1, 0.15) is 17.2 Å². The molecule has 0 bridgehead atoms. The van der Waals surface area contributed by atoms with Crippen LogP contribution in [0.4, 0.5) is 5.82 Å². The van der Waals surface area contributed by atoms with Gasteiger partial charge in [-0.25, -0.2) is 9.97 Å². The van der Waals surface area contributed by atoms with E-state index in [2.05, 4.69) is 35.1 Å². The van der Waals surface area contributed by atoms with Crippen LogP contribution in [0.1, 0.15) is 11.1 Å². The summed E-state index contributed by atoms with van der Waals surface area (Å²) in [6, 6.07) is 8.31. The van der Waals surface area contributed by atoms with Crippen LogP contribution in [0.5, 0.6) is 0 Å². The lowest BCUT2D eigenvalue weighted by molar-refractivity contribution is 1.01. The van der Waals surface area contributed by atoms with Crippen molar-refractivity contribution in [3.63, 3.8) is 0 Å². The number of nitrogens with zero attached hydrogens (tertiary/aromatic N) is 2. The predicted octanol–water partition coefficient (Wildman–Crippen LogP) is 2.83. The smallest absolute Gasteiger partial charge is 0.130 e.